The topological polar surface area (TPSA) is 59.6 Å². The molecule has 29 heavy (non-hydrogen) atoms. The van der Waals surface area contributed by atoms with Crippen molar-refractivity contribution >= 4 is 44.9 Å². The van der Waals surface area contributed by atoms with Crippen molar-refractivity contribution in [3.63, 3.8) is 0 Å². The van der Waals surface area contributed by atoms with Gasteiger partial charge in [-0.2, -0.15) is 0 Å². The van der Waals surface area contributed by atoms with E-state index in [1.165, 1.54) is 0 Å². The SMILES string of the molecule is CCC(C)Oc1ccc(NC(=S)NC(=O)c2ccc(OCC(C)C)c(Br)c2)cc1. The predicted octanol–water partition coefficient (Wildman–Crippen LogP) is 5.79. The van der Waals surface area contributed by atoms with E-state index in [1.807, 2.05) is 31.2 Å². The summed E-state index contributed by atoms with van der Waals surface area (Å²) in [7, 11) is 0. The average molecular weight is 479 g/mol. The van der Waals surface area contributed by atoms with Crippen LogP contribution in [0.1, 0.15) is 44.5 Å². The van der Waals surface area contributed by atoms with Gasteiger partial charge in [0.2, 0.25) is 0 Å². The Morgan fingerprint density at radius 3 is 2.41 bits per heavy atom. The molecular weight excluding hydrogens is 452 g/mol. The number of hydrogen-bond donors (Lipinski definition) is 2. The lowest BCUT2D eigenvalue weighted by Gasteiger charge is -2.14. The summed E-state index contributed by atoms with van der Waals surface area (Å²) in [5.74, 6) is 1.62. The van der Waals surface area contributed by atoms with Crippen LogP contribution >= 0.6 is 28.1 Å². The Hall–Kier alpha value is -2.12. The summed E-state index contributed by atoms with van der Waals surface area (Å²) < 4.78 is 12.2. The van der Waals surface area contributed by atoms with Gasteiger partial charge in [0.1, 0.15) is 11.5 Å². The molecule has 2 aromatic rings. The van der Waals surface area contributed by atoms with Gasteiger partial charge in [0, 0.05) is 11.3 Å². The number of rotatable bonds is 8. The van der Waals surface area contributed by atoms with E-state index in [9.17, 15) is 4.79 Å². The minimum absolute atomic E-state index is 0.163. The number of thiocarbonyl (C=S) groups is 1. The number of nitrogens with one attached hydrogen (secondary N) is 2. The summed E-state index contributed by atoms with van der Waals surface area (Å²) in [4.78, 5) is 12.5. The zero-order chi connectivity index (χ0) is 21.4. The number of carbonyl (C=O) groups excluding carboxylic acids is 1. The van der Waals surface area contributed by atoms with Crippen LogP contribution in [-0.4, -0.2) is 23.7 Å². The van der Waals surface area contributed by atoms with Crippen LogP contribution in [0.5, 0.6) is 11.5 Å². The molecule has 7 heteroatoms. The fraction of sp³-hybridized carbons (Fsp3) is 0.364. The van der Waals surface area contributed by atoms with Gasteiger partial charge in [-0.3, -0.25) is 10.1 Å². The highest BCUT2D eigenvalue weighted by Gasteiger charge is 2.12. The molecule has 156 valence electrons. The monoisotopic (exact) mass is 478 g/mol. The van der Waals surface area contributed by atoms with Gasteiger partial charge in [0.25, 0.3) is 5.91 Å². The minimum Gasteiger partial charge on any atom is -0.492 e. The van der Waals surface area contributed by atoms with Crippen molar-refractivity contribution in [3.8, 4) is 11.5 Å². The number of amides is 1. The number of anilines is 1. The normalized spacial score (nSPS) is 11.7. The van der Waals surface area contributed by atoms with Gasteiger partial charge in [-0.25, -0.2) is 0 Å². The van der Waals surface area contributed by atoms with Crippen molar-refractivity contribution in [1.82, 2.24) is 5.32 Å². The van der Waals surface area contributed by atoms with Crippen molar-refractivity contribution in [2.24, 2.45) is 5.92 Å². The van der Waals surface area contributed by atoms with E-state index < -0.39 is 0 Å². The first kappa shape index (κ1) is 23.2. The standard InChI is InChI=1S/C22H27BrN2O3S/c1-5-15(4)28-18-9-7-17(8-10-18)24-22(29)25-21(26)16-6-11-20(19(23)12-16)27-13-14(2)3/h6-12,14-15H,5,13H2,1-4H3,(H2,24,25,26,29). The molecule has 0 fully saturated rings. The van der Waals surface area contributed by atoms with E-state index in [0.29, 0.717) is 23.8 Å². The summed E-state index contributed by atoms with van der Waals surface area (Å²) in [6.45, 7) is 8.87. The summed E-state index contributed by atoms with van der Waals surface area (Å²) in [5, 5.41) is 5.91. The summed E-state index contributed by atoms with van der Waals surface area (Å²) in [6, 6.07) is 12.6. The molecule has 0 heterocycles. The van der Waals surface area contributed by atoms with Gasteiger partial charge in [-0.05, 0) is 89.9 Å². The lowest BCUT2D eigenvalue weighted by molar-refractivity contribution is 0.0977. The number of carbonyl (C=O) groups is 1. The largest absolute Gasteiger partial charge is 0.492 e. The van der Waals surface area contributed by atoms with Crippen LogP contribution in [0.3, 0.4) is 0 Å². The molecule has 2 aromatic carbocycles. The van der Waals surface area contributed by atoms with Crippen molar-refractivity contribution in [2.45, 2.75) is 40.2 Å². The maximum absolute atomic E-state index is 12.5. The Morgan fingerprint density at radius 2 is 1.83 bits per heavy atom. The molecule has 0 bridgehead atoms. The van der Waals surface area contributed by atoms with E-state index in [1.54, 1.807) is 18.2 Å². The fourth-order valence-corrected chi connectivity index (χ4v) is 2.99. The predicted molar refractivity (Wildman–Crippen MR) is 125 cm³/mol. The quantitative estimate of drug-likeness (QED) is 0.470. The molecule has 2 N–H and O–H groups in total. The highest BCUT2D eigenvalue weighted by Crippen LogP contribution is 2.26. The van der Waals surface area contributed by atoms with Crippen LogP contribution in [-0.2, 0) is 0 Å². The van der Waals surface area contributed by atoms with E-state index in [4.69, 9.17) is 21.7 Å². The molecule has 0 spiro atoms. The smallest absolute Gasteiger partial charge is 0.257 e. The van der Waals surface area contributed by atoms with Gasteiger partial charge in [-0.1, -0.05) is 20.8 Å². The molecule has 0 aromatic heterocycles. The first-order valence-electron chi connectivity index (χ1n) is 9.59. The van der Waals surface area contributed by atoms with Gasteiger partial charge in [0.15, 0.2) is 5.11 Å². The molecule has 0 aliphatic carbocycles. The molecule has 1 unspecified atom stereocenters. The van der Waals surface area contributed by atoms with Crippen LogP contribution in [0.2, 0.25) is 0 Å². The van der Waals surface area contributed by atoms with Crippen molar-refractivity contribution in [2.75, 3.05) is 11.9 Å². The van der Waals surface area contributed by atoms with Crippen molar-refractivity contribution in [3.05, 3.63) is 52.5 Å². The second kappa shape index (κ2) is 11.2. The minimum atomic E-state index is -0.296. The second-order valence-corrected chi connectivity index (χ2v) is 8.38. The molecule has 0 radical (unpaired) electrons. The maximum atomic E-state index is 12.5. The Labute approximate surface area is 186 Å². The summed E-state index contributed by atoms with van der Waals surface area (Å²) in [6.07, 6.45) is 1.10. The lowest BCUT2D eigenvalue weighted by atomic mass is 10.2. The molecule has 0 aliphatic rings. The second-order valence-electron chi connectivity index (χ2n) is 7.12. The van der Waals surface area contributed by atoms with Gasteiger partial charge in [0.05, 0.1) is 17.2 Å². The fourth-order valence-electron chi connectivity index (χ4n) is 2.29. The van der Waals surface area contributed by atoms with Crippen molar-refractivity contribution < 1.29 is 14.3 Å². The number of hydrogen-bond acceptors (Lipinski definition) is 4. The highest BCUT2D eigenvalue weighted by atomic mass is 79.9. The molecule has 2 rings (SSSR count). The summed E-state index contributed by atoms with van der Waals surface area (Å²) in [5.41, 5.74) is 1.25. The van der Waals surface area contributed by atoms with Gasteiger partial charge >= 0.3 is 0 Å². The Bertz CT molecular complexity index is 840. The first-order chi connectivity index (χ1) is 13.8. The van der Waals surface area contributed by atoms with E-state index in [-0.39, 0.29) is 17.1 Å². The third-order valence-corrected chi connectivity index (χ3v) is 4.84. The Balaban J connectivity index is 1.91. The van der Waals surface area contributed by atoms with Crippen LogP contribution < -0.4 is 20.1 Å². The van der Waals surface area contributed by atoms with Crippen LogP contribution in [0.15, 0.2) is 46.9 Å². The Kier molecular flexibility index (Phi) is 8.92. The average Bonchev–Trinajstić information content (AvgIpc) is 2.68. The lowest BCUT2D eigenvalue weighted by Crippen LogP contribution is -2.34. The Morgan fingerprint density at radius 1 is 1.14 bits per heavy atom. The zero-order valence-electron chi connectivity index (χ0n) is 17.1. The van der Waals surface area contributed by atoms with Crippen LogP contribution in [0, 0.1) is 5.92 Å². The molecular formula is C22H27BrN2O3S. The van der Waals surface area contributed by atoms with Crippen LogP contribution in [0.25, 0.3) is 0 Å². The van der Waals surface area contributed by atoms with Crippen molar-refractivity contribution in [1.29, 1.82) is 0 Å². The maximum Gasteiger partial charge on any atom is 0.257 e. The molecule has 1 amide bonds. The first-order valence-corrected chi connectivity index (χ1v) is 10.8. The third-order valence-electron chi connectivity index (χ3n) is 4.02. The van der Waals surface area contributed by atoms with Gasteiger partial charge < -0.3 is 14.8 Å². The van der Waals surface area contributed by atoms with E-state index in [0.717, 1.165) is 22.3 Å². The van der Waals surface area contributed by atoms with E-state index in [2.05, 4.69) is 47.3 Å². The molecule has 0 saturated carbocycles. The number of ether oxygens (including phenoxy) is 2. The van der Waals surface area contributed by atoms with Crippen LogP contribution in [0.4, 0.5) is 5.69 Å². The summed E-state index contributed by atoms with van der Waals surface area (Å²) >= 11 is 8.70. The van der Waals surface area contributed by atoms with Gasteiger partial charge in [-0.15, -0.1) is 0 Å². The molecule has 0 saturated heterocycles. The molecule has 5 nitrogen and oxygen atoms in total. The third kappa shape index (κ3) is 7.66. The zero-order valence-corrected chi connectivity index (χ0v) is 19.5. The highest BCUT2D eigenvalue weighted by molar-refractivity contribution is 9.10. The number of halogens is 1. The number of benzene rings is 2. The molecule has 0 aliphatic heterocycles. The molecule has 1 atom stereocenters. The van der Waals surface area contributed by atoms with E-state index >= 15 is 0 Å².